The van der Waals surface area contributed by atoms with E-state index in [1.54, 1.807) is 0 Å². The first-order valence-corrected chi connectivity index (χ1v) is 47.4. The van der Waals surface area contributed by atoms with Crippen LogP contribution in [0.2, 0.25) is 0 Å². The van der Waals surface area contributed by atoms with Crippen LogP contribution in [0, 0.1) is 41.5 Å². The van der Waals surface area contributed by atoms with Crippen molar-refractivity contribution in [3.63, 3.8) is 0 Å². The number of aryl methyl sites for hydroxylation is 4. The lowest BCUT2D eigenvalue weighted by molar-refractivity contribution is 0.655. The Morgan fingerprint density at radius 2 is 0.447 bits per heavy atom. The smallest absolute Gasteiger partial charge is 0.0161 e. The summed E-state index contributed by atoms with van der Waals surface area (Å²) in [5, 5.41) is 0. The van der Waals surface area contributed by atoms with E-state index >= 15 is 0 Å². The van der Waals surface area contributed by atoms with E-state index in [2.05, 4.69) is 525 Å². The molecule has 648 valence electrons. The third kappa shape index (κ3) is 15.2. The molecule has 0 atom stereocenters. The Labute approximate surface area is 785 Å². The molecule has 6 aliphatic carbocycles. The molecular weight excluding hydrogens is 1590 g/mol. The van der Waals surface area contributed by atoms with Gasteiger partial charge in [0.1, 0.15) is 0 Å². The molecule has 24 rings (SSSR count). The van der Waals surface area contributed by atoms with Crippen molar-refractivity contribution in [2.24, 2.45) is 0 Å². The van der Waals surface area contributed by atoms with Crippen LogP contribution in [0.1, 0.15) is 183 Å². The van der Waals surface area contributed by atoms with Gasteiger partial charge in [-0.2, -0.15) is 0 Å². The Hall–Kier alpha value is -14.0. The molecule has 0 spiro atoms. The van der Waals surface area contributed by atoms with Crippen molar-refractivity contribution in [3.05, 3.63) is 501 Å². The number of benzene rings is 18. The molecule has 0 saturated carbocycles. The monoisotopic (exact) mass is 1700 g/mol. The van der Waals surface area contributed by atoms with Gasteiger partial charge in [0.15, 0.2) is 0 Å². The lowest BCUT2D eigenvalue weighted by Crippen LogP contribution is -2.16. The van der Waals surface area contributed by atoms with E-state index in [0.29, 0.717) is 0 Å². The van der Waals surface area contributed by atoms with Crippen LogP contribution in [0.25, 0.3) is 134 Å². The van der Waals surface area contributed by atoms with Crippen LogP contribution >= 0.6 is 0 Å². The zero-order valence-corrected chi connectivity index (χ0v) is 80.1. The highest BCUT2D eigenvalue weighted by atomic mass is 14.5. The van der Waals surface area contributed by atoms with Gasteiger partial charge in [0.2, 0.25) is 0 Å². The van der Waals surface area contributed by atoms with Gasteiger partial charge in [0.05, 0.1) is 0 Å². The maximum absolute atomic E-state index is 2.40. The first-order valence-electron chi connectivity index (χ1n) is 47.4. The second-order valence-corrected chi connectivity index (χ2v) is 40.4. The maximum atomic E-state index is 2.40. The van der Waals surface area contributed by atoms with Gasteiger partial charge >= 0.3 is 0 Å². The quantitative estimate of drug-likeness (QED) is 0.156. The fraction of sp³-hybridized carbons (Fsp3) is 0.182. The summed E-state index contributed by atoms with van der Waals surface area (Å²) < 4.78 is 0. The summed E-state index contributed by atoms with van der Waals surface area (Å²) in [6, 6.07) is 145. The molecule has 132 heavy (non-hydrogen) atoms. The van der Waals surface area contributed by atoms with Crippen LogP contribution in [0.3, 0.4) is 0 Å². The van der Waals surface area contributed by atoms with E-state index in [1.807, 2.05) is 0 Å². The minimum absolute atomic E-state index is 0.0702. The second kappa shape index (κ2) is 34.4. The third-order valence-electron chi connectivity index (χ3n) is 30.1. The average molecular weight is 1710 g/mol. The SMILES string of the molecule is Cc1c(-c2ccccc2)ccc2c1-c1ccccc1C2(C)C.Cc1c(-c2ccccc2)ccc2c1C(C)(C)c1ccccc1-2.Cc1cc(-c2ccccc2)cc2c1C(C)(C)c1ccccc1-2.Cc1cc2c(cc1-c1ccccc1)-c1ccccc1C2(C)C.Cc1cc2c(cc1-c1ccccc1)C(C)(C)c1ccccc1-2.Cc1ccc2c(c1)C(C)(C)c1cccc(-c3ccccc3)c1-2. The molecule has 0 fully saturated rings. The normalized spacial score (nSPS) is 14.5. The highest BCUT2D eigenvalue weighted by Crippen LogP contribution is 2.58. The van der Waals surface area contributed by atoms with Crippen molar-refractivity contribution in [1.29, 1.82) is 0 Å². The van der Waals surface area contributed by atoms with Gasteiger partial charge in [-0.3, -0.25) is 0 Å². The Morgan fingerprint density at radius 1 is 0.136 bits per heavy atom. The van der Waals surface area contributed by atoms with Crippen LogP contribution in [0.15, 0.2) is 400 Å². The van der Waals surface area contributed by atoms with Crippen molar-refractivity contribution in [1.82, 2.24) is 0 Å². The second-order valence-electron chi connectivity index (χ2n) is 40.4. The zero-order valence-electron chi connectivity index (χ0n) is 80.1. The van der Waals surface area contributed by atoms with E-state index < -0.39 is 0 Å². The molecule has 0 bridgehead atoms. The zero-order chi connectivity index (χ0) is 91.9. The number of hydrogen-bond donors (Lipinski definition) is 0. The van der Waals surface area contributed by atoms with Crippen LogP contribution in [-0.4, -0.2) is 0 Å². The molecule has 0 radical (unpaired) electrons. The minimum Gasteiger partial charge on any atom is -0.0622 e. The van der Waals surface area contributed by atoms with Gasteiger partial charge < -0.3 is 0 Å². The average Bonchev–Trinajstić information content (AvgIpc) is 1.60. The van der Waals surface area contributed by atoms with E-state index in [4.69, 9.17) is 0 Å². The Bertz CT molecular complexity index is 7340. The Balaban J connectivity index is 0.000000102. The largest absolute Gasteiger partial charge is 0.0622 e. The van der Waals surface area contributed by atoms with Gasteiger partial charge in [-0.15, -0.1) is 0 Å². The molecule has 0 heterocycles. The molecule has 0 aliphatic heterocycles. The standard InChI is InChI=1S/6C22H20/c1-15-13-17(16-9-5-4-6-10-16)14-19-18-11-7-8-12-20(18)22(2,3)21(15)19;1-15-13-21-19(14-18(15)16-9-5-4-6-10-16)17-11-7-8-12-20(17)22(21,2)3;1-15-13-19-17-11-7-8-12-20(17)22(2,3)21(19)14-18(15)16-9-5-4-6-10-16;1-15-17(16-9-5-4-6-10-16)13-14-19-18-11-7-8-12-20(18)22(2,3)21(15)19;1-15-17(16-9-5-4-6-10-16)13-14-20-21(15)18-11-7-8-12-19(18)22(20,2)3;1-15-12-13-18-20(14-15)22(2,3)19-11-7-10-17(21(18)19)16-8-5-4-6-9-16/h6*4-14H,1-3H3. The molecule has 0 amide bonds. The molecule has 0 aromatic heterocycles. The summed E-state index contributed by atoms with van der Waals surface area (Å²) in [6.07, 6.45) is 0. The molecular formula is C132H120. The van der Waals surface area contributed by atoms with Gasteiger partial charge in [0.25, 0.3) is 0 Å². The Morgan fingerprint density at radius 3 is 0.955 bits per heavy atom. The topological polar surface area (TPSA) is 0 Å². The van der Waals surface area contributed by atoms with Crippen molar-refractivity contribution >= 4 is 0 Å². The van der Waals surface area contributed by atoms with Gasteiger partial charge in [0, 0.05) is 32.5 Å². The molecule has 6 aliphatic rings. The summed E-state index contributed by atoms with van der Waals surface area (Å²) in [7, 11) is 0. The van der Waals surface area contributed by atoms with Gasteiger partial charge in [-0.1, -0.05) is 471 Å². The first kappa shape index (κ1) is 87.3. The number of rotatable bonds is 6. The van der Waals surface area contributed by atoms with E-state index in [9.17, 15) is 0 Å². The van der Waals surface area contributed by atoms with Crippen LogP contribution < -0.4 is 0 Å². The molecule has 18 aromatic rings. The summed E-state index contributed by atoms with van der Waals surface area (Å²) in [4.78, 5) is 0. The van der Waals surface area contributed by atoms with Crippen molar-refractivity contribution in [3.8, 4) is 134 Å². The highest BCUT2D eigenvalue weighted by Gasteiger charge is 2.43. The molecule has 0 N–H and O–H groups in total. The summed E-state index contributed by atoms with van der Waals surface area (Å²) in [5.74, 6) is 0. The van der Waals surface area contributed by atoms with Gasteiger partial charge in [-0.05, 0) is 288 Å². The van der Waals surface area contributed by atoms with Gasteiger partial charge in [-0.25, -0.2) is 0 Å². The lowest BCUT2D eigenvalue weighted by atomic mass is 9.79. The molecule has 18 aromatic carbocycles. The summed E-state index contributed by atoms with van der Waals surface area (Å²) >= 11 is 0. The van der Waals surface area contributed by atoms with E-state index in [0.717, 1.165) is 0 Å². The fourth-order valence-corrected chi connectivity index (χ4v) is 23.3. The molecule has 0 saturated heterocycles. The number of fused-ring (bicyclic) bond motifs is 18. The molecule has 0 unspecified atom stereocenters. The summed E-state index contributed by atoms with van der Waals surface area (Å²) in [6.45, 7) is 41.5. The summed E-state index contributed by atoms with van der Waals surface area (Å²) in [5.41, 5.74) is 58.7. The van der Waals surface area contributed by atoms with Crippen molar-refractivity contribution in [2.45, 2.75) is 157 Å². The molecule has 0 nitrogen and oxygen atoms in total. The minimum atomic E-state index is 0.0702. The first-order chi connectivity index (χ1) is 63.6. The predicted molar refractivity (Wildman–Crippen MR) is 565 cm³/mol. The van der Waals surface area contributed by atoms with E-state index in [1.165, 1.54) is 234 Å². The maximum Gasteiger partial charge on any atom is 0.0161 e. The predicted octanol–water partition coefficient (Wildman–Crippen LogP) is 35.8. The van der Waals surface area contributed by atoms with Crippen molar-refractivity contribution < 1.29 is 0 Å². The highest BCUT2D eigenvalue weighted by molar-refractivity contribution is 5.95. The van der Waals surface area contributed by atoms with Crippen LogP contribution in [0.5, 0.6) is 0 Å². The van der Waals surface area contributed by atoms with Crippen molar-refractivity contribution in [2.75, 3.05) is 0 Å². The van der Waals surface area contributed by atoms with Crippen LogP contribution in [0.4, 0.5) is 0 Å². The lowest BCUT2D eigenvalue weighted by Gasteiger charge is -2.24. The number of hydrogen-bond acceptors (Lipinski definition) is 0. The molecule has 0 heteroatoms. The fourth-order valence-electron chi connectivity index (χ4n) is 23.3. The van der Waals surface area contributed by atoms with E-state index in [-0.39, 0.29) is 32.5 Å². The third-order valence-corrected chi connectivity index (χ3v) is 30.1. The van der Waals surface area contributed by atoms with Crippen LogP contribution in [-0.2, 0) is 32.5 Å². The Kier molecular flexibility index (Phi) is 22.7.